The number of thioether (sulfide) groups is 1. The second-order valence-corrected chi connectivity index (χ2v) is 6.08. The van der Waals surface area contributed by atoms with E-state index in [2.05, 4.69) is 24.9 Å². The van der Waals surface area contributed by atoms with Crippen LogP contribution in [-0.2, 0) is 0 Å². The van der Waals surface area contributed by atoms with Crippen LogP contribution < -0.4 is 10.5 Å². The van der Waals surface area contributed by atoms with Crippen molar-refractivity contribution in [3.05, 3.63) is 36.5 Å². The molecule has 2 rings (SSSR count). The standard InChI is InChI=1S/C15H18N2OS/c1-10(2)19-14-8-7-11(9-17-14)12-5-4-6-13(16)15(12)18-3/h4-10H,16H2,1-3H3. The molecule has 0 unspecified atom stereocenters. The molecule has 0 atom stereocenters. The van der Waals surface area contributed by atoms with E-state index < -0.39 is 0 Å². The highest BCUT2D eigenvalue weighted by molar-refractivity contribution is 7.99. The molecular formula is C15H18N2OS. The molecule has 0 saturated carbocycles. The molecule has 0 aliphatic rings. The van der Waals surface area contributed by atoms with Crippen molar-refractivity contribution < 1.29 is 4.74 Å². The Morgan fingerprint density at radius 3 is 2.58 bits per heavy atom. The number of nitrogen functional groups attached to an aromatic ring is 1. The number of nitrogens with zero attached hydrogens (tertiary/aromatic N) is 1. The summed E-state index contributed by atoms with van der Waals surface area (Å²) in [6.45, 7) is 4.31. The van der Waals surface area contributed by atoms with Gasteiger partial charge in [-0.25, -0.2) is 4.98 Å². The predicted molar refractivity (Wildman–Crippen MR) is 81.6 cm³/mol. The molecule has 0 spiro atoms. The number of nitrogens with two attached hydrogens (primary N) is 1. The predicted octanol–water partition coefficient (Wildman–Crippen LogP) is 3.84. The molecule has 100 valence electrons. The fourth-order valence-electron chi connectivity index (χ4n) is 1.86. The lowest BCUT2D eigenvalue weighted by Gasteiger charge is -2.11. The van der Waals surface area contributed by atoms with Crippen LogP contribution in [0, 0.1) is 0 Å². The molecule has 1 aromatic heterocycles. The molecule has 0 saturated heterocycles. The minimum Gasteiger partial charge on any atom is -0.494 e. The van der Waals surface area contributed by atoms with Crippen molar-refractivity contribution in [3.8, 4) is 16.9 Å². The van der Waals surface area contributed by atoms with Gasteiger partial charge in [0.05, 0.1) is 17.8 Å². The molecule has 0 bridgehead atoms. The smallest absolute Gasteiger partial charge is 0.149 e. The summed E-state index contributed by atoms with van der Waals surface area (Å²) in [7, 11) is 1.63. The van der Waals surface area contributed by atoms with Crippen molar-refractivity contribution in [1.29, 1.82) is 0 Å². The maximum atomic E-state index is 5.92. The summed E-state index contributed by atoms with van der Waals surface area (Å²) in [5.41, 5.74) is 8.53. The van der Waals surface area contributed by atoms with Gasteiger partial charge in [0.15, 0.2) is 0 Å². The van der Waals surface area contributed by atoms with E-state index in [0.29, 0.717) is 16.7 Å². The van der Waals surface area contributed by atoms with E-state index in [1.807, 2.05) is 30.5 Å². The minimum atomic E-state index is 0.528. The van der Waals surface area contributed by atoms with Gasteiger partial charge < -0.3 is 10.5 Å². The first-order valence-corrected chi connectivity index (χ1v) is 7.05. The summed E-state index contributed by atoms with van der Waals surface area (Å²) in [5.74, 6) is 0.702. The Kier molecular flexibility index (Phi) is 4.32. The van der Waals surface area contributed by atoms with Gasteiger partial charge in [-0.2, -0.15) is 0 Å². The number of aromatic nitrogens is 1. The Morgan fingerprint density at radius 2 is 2.00 bits per heavy atom. The van der Waals surface area contributed by atoms with Crippen LogP contribution in [0.5, 0.6) is 5.75 Å². The molecular weight excluding hydrogens is 256 g/mol. The summed E-state index contributed by atoms with van der Waals surface area (Å²) in [4.78, 5) is 4.47. The van der Waals surface area contributed by atoms with Crippen molar-refractivity contribution in [2.75, 3.05) is 12.8 Å². The maximum Gasteiger partial charge on any atom is 0.149 e. The highest BCUT2D eigenvalue weighted by atomic mass is 32.2. The Labute approximate surface area is 118 Å². The van der Waals surface area contributed by atoms with E-state index in [1.165, 1.54) is 0 Å². The molecule has 0 aliphatic carbocycles. The zero-order valence-electron chi connectivity index (χ0n) is 11.4. The van der Waals surface area contributed by atoms with E-state index in [4.69, 9.17) is 10.5 Å². The Morgan fingerprint density at radius 1 is 1.21 bits per heavy atom. The monoisotopic (exact) mass is 274 g/mol. The molecule has 2 aromatic rings. The third-order valence-electron chi connectivity index (χ3n) is 2.65. The molecule has 1 aromatic carbocycles. The van der Waals surface area contributed by atoms with Gasteiger partial charge in [-0.3, -0.25) is 0 Å². The van der Waals surface area contributed by atoms with Crippen LogP contribution in [0.3, 0.4) is 0 Å². The van der Waals surface area contributed by atoms with E-state index in [0.717, 1.165) is 16.2 Å². The van der Waals surface area contributed by atoms with Crippen molar-refractivity contribution in [2.45, 2.75) is 24.1 Å². The number of para-hydroxylation sites is 1. The van der Waals surface area contributed by atoms with Crippen molar-refractivity contribution in [3.63, 3.8) is 0 Å². The van der Waals surface area contributed by atoms with Gasteiger partial charge >= 0.3 is 0 Å². The first-order chi connectivity index (χ1) is 9.11. The topological polar surface area (TPSA) is 48.1 Å². The molecule has 0 amide bonds. The molecule has 4 heteroatoms. The minimum absolute atomic E-state index is 0.528. The summed E-state index contributed by atoms with van der Waals surface area (Å²) in [5, 5.41) is 1.56. The highest BCUT2D eigenvalue weighted by Crippen LogP contribution is 2.34. The molecule has 2 N–H and O–H groups in total. The zero-order chi connectivity index (χ0) is 13.8. The molecule has 0 radical (unpaired) electrons. The average molecular weight is 274 g/mol. The van der Waals surface area contributed by atoms with Gasteiger partial charge in [-0.1, -0.05) is 32.0 Å². The van der Waals surface area contributed by atoms with E-state index in [1.54, 1.807) is 18.9 Å². The van der Waals surface area contributed by atoms with Gasteiger partial charge in [0.25, 0.3) is 0 Å². The summed E-state index contributed by atoms with van der Waals surface area (Å²) in [6.07, 6.45) is 1.86. The quantitative estimate of drug-likeness (QED) is 0.679. The molecule has 19 heavy (non-hydrogen) atoms. The average Bonchev–Trinajstić information content (AvgIpc) is 2.38. The van der Waals surface area contributed by atoms with Crippen molar-refractivity contribution in [1.82, 2.24) is 4.98 Å². The number of pyridine rings is 1. The van der Waals surface area contributed by atoms with Crippen LogP contribution in [0.25, 0.3) is 11.1 Å². The van der Waals surface area contributed by atoms with Gasteiger partial charge in [0.2, 0.25) is 0 Å². The highest BCUT2D eigenvalue weighted by Gasteiger charge is 2.09. The fraction of sp³-hybridized carbons (Fsp3) is 0.267. The number of ether oxygens (including phenoxy) is 1. The Hall–Kier alpha value is -1.68. The van der Waals surface area contributed by atoms with Crippen LogP contribution in [0.15, 0.2) is 41.6 Å². The largest absolute Gasteiger partial charge is 0.494 e. The number of methoxy groups -OCH3 is 1. The number of hydrogen-bond acceptors (Lipinski definition) is 4. The van der Waals surface area contributed by atoms with Crippen LogP contribution >= 0.6 is 11.8 Å². The van der Waals surface area contributed by atoms with Gasteiger partial charge in [0.1, 0.15) is 5.75 Å². The zero-order valence-corrected chi connectivity index (χ0v) is 12.2. The molecule has 0 fully saturated rings. The third-order valence-corrected chi connectivity index (χ3v) is 3.61. The summed E-state index contributed by atoms with van der Waals surface area (Å²) < 4.78 is 5.37. The molecule has 3 nitrogen and oxygen atoms in total. The number of benzene rings is 1. The lowest BCUT2D eigenvalue weighted by atomic mass is 10.1. The van der Waals surface area contributed by atoms with Crippen LogP contribution in [0.1, 0.15) is 13.8 Å². The summed E-state index contributed by atoms with van der Waals surface area (Å²) in [6, 6.07) is 9.82. The Bertz CT molecular complexity index is 553. The number of anilines is 1. The van der Waals surface area contributed by atoms with Gasteiger partial charge in [0, 0.05) is 22.6 Å². The molecule has 0 aliphatic heterocycles. The SMILES string of the molecule is COc1c(N)cccc1-c1ccc(SC(C)C)nc1. The Balaban J connectivity index is 2.35. The first-order valence-electron chi connectivity index (χ1n) is 6.17. The van der Waals surface area contributed by atoms with Crippen LogP contribution in [0.2, 0.25) is 0 Å². The van der Waals surface area contributed by atoms with Gasteiger partial charge in [-0.15, -0.1) is 11.8 Å². The van der Waals surface area contributed by atoms with E-state index in [-0.39, 0.29) is 0 Å². The van der Waals surface area contributed by atoms with E-state index >= 15 is 0 Å². The second kappa shape index (κ2) is 5.97. The van der Waals surface area contributed by atoms with Crippen molar-refractivity contribution in [2.24, 2.45) is 0 Å². The van der Waals surface area contributed by atoms with E-state index in [9.17, 15) is 0 Å². The first kappa shape index (κ1) is 13.7. The number of hydrogen-bond donors (Lipinski definition) is 1. The molecule has 1 heterocycles. The summed E-state index contributed by atoms with van der Waals surface area (Å²) >= 11 is 1.75. The third kappa shape index (κ3) is 3.20. The normalized spacial score (nSPS) is 10.7. The second-order valence-electron chi connectivity index (χ2n) is 4.48. The van der Waals surface area contributed by atoms with Crippen molar-refractivity contribution >= 4 is 17.4 Å². The number of rotatable bonds is 4. The fourth-order valence-corrected chi connectivity index (χ4v) is 2.60. The lowest BCUT2D eigenvalue weighted by Crippen LogP contribution is -1.95. The lowest BCUT2D eigenvalue weighted by molar-refractivity contribution is 0.418. The van der Waals surface area contributed by atoms with Crippen LogP contribution in [0.4, 0.5) is 5.69 Å². The van der Waals surface area contributed by atoms with Crippen LogP contribution in [-0.4, -0.2) is 17.3 Å². The maximum absolute atomic E-state index is 5.92. The van der Waals surface area contributed by atoms with Gasteiger partial charge in [-0.05, 0) is 12.1 Å².